The quantitative estimate of drug-likeness (QED) is 0.375. The van der Waals surface area contributed by atoms with Gasteiger partial charge < -0.3 is 15.0 Å². The maximum Gasteiger partial charge on any atom is 0.193 e. The number of nitrogens with one attached hydrogen (secondary N) is 1. The molecule has 5 nitrogen and oxygen atoms in total. The Morgan fingerprint density at radius 1 is 1.42 bits per heavy atom. The van der Waals surface area contributed by atoms with Gasteiger partial charge in [-0.15, -0.1) is 24.0 Å². The predicted octanol–water partition coefficient (Wildman–Crippen LogP) is 3.16. The number of halogens is 1. The summed E-state index contributed by atoms with van der Waals surface area (Å²) < 4.78 is 5.41. The van der Waals surface area contributed by atoms with Crippen molar-refractivity contribution >= 4 is 29.9 Å². The van der Waals surface area contributed by atoms with E-state index in [0.717, 1.165) is 37.8 Å². The van der Waals surface area contributed by atoms with E-state index in [2.05, 4.69) is 59.2 Å². The Bertz CT molecular complexity index is 579. The summed E-state index contributed by atoms with van der Waals surface area (Å²) in [5.74, 6) is 1.93. The number of aliphatic imine (C=N–C) groups is 1. The molecule has 1 aliphatic rings. The zero-order valence-electron chi connectivity index (χ0n) is 16.9. The summed E-state index contributed by atoms with van der Waals surface area (Å²) in [6.45, 7) is 8.59. The van der Waals surface area contributed by atoms with Crippen molar-refractivity contribution in [3.05, 3.63) is 29.3 Å². The van der Waals surface area contributed by atoms with Crippen molar-refractivity contribution in [1.82, 2.24) is 15.1 Å². The summed E-state index contributed by atoms with van der Waals surface area (Å²) in [4.78, 5) is 9.28. The van der Waals surface area contributed by atoms with Crippen molar-refractivity contribution in [1.29, 1.82) is 0 Å². The molecule has 1 aromatic carbocycles. The van der Waals surface area contributed by atoms with Gasteiger partial charge in [-0.1, -0.05) is 19.1 Å². The van der Waals surface area contributed by atoms with E-state index in [4.69, 9.17) is 4.74 Å². The number of methoxy groups -OCH3 is 1. The number of likely N-dealkylation sites (tertiary alicyclic amines) is 1. The highest BCUT2D eigenvalue weighted by atomic mass is 127. The molecule has 1 aromatic rings. The molecule has 1 heterocycles. The molecule has 1 atom stereocenters. The highest BCUT2D eigenvalue weighted by molar-refractivity contribution is 14.0. The molecule has 0 aliphatic carbocycles. The first-order valence-electron chi connectivity index (χ1n) is 9.38. The molecule has 0 bridgehead atoms. The van der Waals surface area contributed by atoms with Crippen LogP contribution < -0.4 is 10.1 Å². The first kappa shape index (κ1) is 23.0. The summed E-state index contributed by atoms with van der Waals surface area (Å²) >= 11 is 0. The van der Waals surface area contributed by atoms with E-state index >= 15 is 0 Å². The number of hydrogen-bond donors (Lipinski definition) is 1. The number of rotatable bonds is 7. The number of guanidine groups is 1. The van der Waals surface area contributed by atoms with Gasteiger partial charge >= 0.3 is 0 Å². The fraction of sp³-hybridized carbons (Fsp3) is 0.650. The zero-order chi connectivity index (χ0) is 18.2. The van der Waals surface area contributed by atoms with Crippen molar-refractivity contribution in [3.63, 3.8) is 0 Å². The lowest BCUT2D eigenvalue weighted by atomic mass is 10.1. The van der Waals surface area contributed by atoms with Crippen molar-refractivity contribution < 1.29 is 4.74 Å². The molecule has 0 aromatic heterocycles. The van der Waals surface area contributed by atoms with Gasteiger partial charge in [-0.2, -0.15) is 0 Å². The monoisotopic (exact) mass is 474 g/mol. The van der Waals surface area contributed by atoms with E-state index in [0.29, 0.717) is 6.04 Å². The van der Waals surface area contributed by atoms with Gasteiger partial charge in [0.05, 0.1) is 7.11 Å². The molecule has 1 N–H and O–H groups in total. The SMILES string of the molecule is CCN1CCCC1CN(C)C(=NC)NCCc1ccc(C)c(OC)c1.I. The molecule has 26 heavy (non-hydrogen) atoms. The molecule has 1 aliphatic heterocycles. The second-order valence-electron chi connectivity index (χ2n) is 6.83. The fourth-order valence-corrected chi connectivity index (χ4v) is 3.64. The molecular formula is C20H35IN4O. The van der Waals surface area contributed by atoms with Crippen LogP contribution in [0.2, 0.25) is 0 Å². The minimum Gasteiger partial charge on any atom is -0.496 e. The van der Waals surface area contributed by atoms with Crippen LogP contribution in [-0.4, -0.2) is 69.2 Å². The molecule has 148 valence electrons. The van der Waals surface area contributed by atoms with Crippen molar-refractivity contribution in [3.8, 4) is 5.75 Å². The van der Waals surface area contributed by atoms with Crippen LogP contribution in [0.15, 0.2) is 23.2 Å². The average Bonchev–Trinajstić information content (AvgIpc) is 3.07. The predicted molar refractivity (Wildman–Crippen MR) is 121 cm³/mol. The molecule has 6 heteroatoms. The summed E-state index contributed by atoms with van der Waals surface area (Å²) in [6, 6.07) is 7.06. The van der Waals surface area contributed by atoms with E-state index in [1.807, 2.05) is 7.05 Å². The number of benzene rings is 1. The number of likely N-dealkylation sites (N-methyl/N-ethyl adjacent to an activating group) is 2. The lowest BCUT2D eigenvalue weighted by molar-refractivity contribution is 0.233. The van der Waals surface area contributed by atoms with Gasteiger partial charge in [0.2, 0.25) is 0 Å². The Kier molecular flexibility index (Phi) is 10.3. The Morgan fingerprint density at radius 3 is 2.85 bits per heavy atom. The van der Waals surface area contributed by atoms with Crippen LogP contribution >= 0.6 is 24.0 Å². The van der Waals surface area contributed by atoms with Gasteiger partial charge in [0.25, 0.3) is 0 Å². The number of aryl methyl sites for hydroxylation is 1. The summed E-state index contributed by atoms with van der Waals surface area (Å²) in [7, 11) is 5.72. The minimum atomic E-state index is 0. The summed E-state index contributed by atoms with van der Waals surface area (Å²) in [5, 5.41) is 3.49. The highest BCUT2D eigenvalue weighted by Gasteiger charge is 2.24. The van der Waals surface area contributed by atoms with Gasteiger partial charge in [0, 0.05) is 33.2 Å². The molecule has 2 rings (SSSR count). The van der Waals surface area contributed by atoms with Crippen LogP contribution in [0.4, 0.5) is 0 Å². The van der Waals surface area contributed by atoms with Crippen LogP contribution in [-0.2, 0) is 6.42 Å². The third-order valence-corrected chi connectivity index (χ3v) is 5.13. The third-order valence-electron chi connectivity index (χ3n) is 5.13. The van der Waals surface area contributed by atoms with E-state index < -0.39 is 0 Å². The van der Waals surface area contributed by atoms with Crippen LogP contribution in [0.1, 0.15) is 30.9 Å². The van der Waals surface area contributed by atoms with Crippen LogP contribution in [0.25, 0.3) is 0 Å². The second-order valence-corrected chi connectivity index (χ2v) is 6.83. The third kappa shape index (κ3) is 6.30. The van der Waals surface area contributed by atoms with Gasteiger partial charge in [-0.3, -0.25) is 9.89 Å². The molecule has 0 spiro atoms. The average molecular weight is 474 g/mol. The Morgan fingerprint density at radius 2 is 2.19 bits per heavy atom. The van der Waals surface area contributed by atoms with Crippen LogP contribution in [0, 0.1) is 6.92 Å². The maximum absolute atomic E-state index is 5.41. The first-order chi connectivity index (χ1) is 12.1. The highest BCUT2D eigenvalue weighted by Crippen LogP contribution is 2.19. The first-order valence-corrected chi connectivity index (χ1v) is 9.38. The van der Waals surface area contributed by atoms with E-state index in [-0.39, 0.29) is 24.0 Å². The molecule has 0 radical (unpaired) electrons. The number of ether oxygens (including phenoxy) is 1. The second kappa shape index (κ2) is 11.6. The zero-order valence-corrected chi connectivity index (χ0v) is 19.2. The summed E-state index contributed by atoms with van der Waals surface area (Å²) in [6.07, 6.45) is 3.56. The topological polar surface area (TPSA) is 40.1 Å². The number of hydrogen-bond acceptors (Lipinski definition) is 3. The molecule has 0 amide bonds. The van der Waals surface area contributed by atoms with Crippen LogP contribution in [0.5, 0.6) is 5.75 Å². The smallest absolute Gasteiger partial charge is 0.193 e. The van der Waals surface area contributed by atoms with Gasteiger partial charge in [-0.25, -0.2) is 0 Å². The van der Waals surface area contributed by atoms with E-state index in [1.54, 1.807) is 7.11 Å². The van der Waals surface area contributed by atoms with Crippen molar-refractivity contribution in [2.24, 2.45) is 4.99 Å². The Hall–Kier alpha value is -1.02. The van der Waals surface area contributed by atoms with Crippen molar-refractivity contribution in [2.45, 2.75) is 39.2 Å². The molecule has 0 saturated carbocycles. The molecule has 1 unspecified atom stereocenters. The number of nitrogens with zero attached hydrogens (tertiary/aromatic N) is 3. The van der Waals surface area contributed by atoms with Gasteiger partial charge in [0.15, 0.2) is 5.96 Å². The van der Waals surface area contributed by atoms with E-state index in [9.17, 15) is 0 Å². The minimum absolute atomic E-state index is 0. The largest absolute Gasteiger partial charge is 0.496 e. The maximum atomic E-state index is 5.41. The van der Waals surface area contributed by atoms with E-state index in [1.165, 1.54) is 30.5 Å². The fourth-order valence-electron chi connectivity index (χ4n) is 3.64. The lowest BCUT2D eigenvalue weighted by Gasteiger charge is -2.29. The molecule has 1 saturated heterocycles. The Balaban J connectivity index is 0.00000338. The van der Waals surface area contributed by atoms with Crippen molar-refractivity contribution in [2.75, 3.05) is 47.4 Å². The molecular weight excluding hydrogens is 439 g/mol. The summed E-state index contributed by atoms with van der Waals surface area (Å²) in [5.41, 5.74) is 2.45. The van der Waals surface area contributed by atoms with Gasteiger partial charge in [0.1, 0.15) is 5.75 Å². The van der Waals surface area contributed by atoms with Gasteiger partial charge in [-0.05, 0) is 56.5 Å². The standard InChI is InChI=1S/C20H34N4O.HI/c1-6-24-13-7-8-18(24)15-23(4)20(21-3)22-12-11-17-10-9-16(2)19(14-17)25-5;/h9-10,14,18H,6-8,11-13,15H2,1-5H3,(H,21,22);1H. The Labute approximate surface area is 176 Å². The van der Waals surface area contributed by atoms with Crippen LogP contribution in [0.3, 0.4) is 0 Å². The lowest BCUT2D eigenvalue weighted by Crippen LogP contribution is -2.46. The normalized spacial score (nSPS) is 17.7. The molecule has 1 fully saturated rings.